The quantitative estimate of drug-likeness (QED) is 0.231. The van der Waals surface area contributed by atoms with Crippen LogP contribution in [0.25, 0.3) is 0 Å². The van der Waals surface area contributed by atoms with Crippen molar-refractivity contribution >= 4 is 117 Å². The zero-order chi connectivity index (χ0) is 30.4. The molecule has 0 radical (unpaired) electrons. The van der Waals surface area contributed by atoms with Gasteiger partial charge in [0.25, 0.3) is 0 Å². The Labute approximate surface area is 286 Å². The van der Waals surface area contributed by atoms with Crippen molar-refractivity contribution in [1.82, 2.24) is 19.6 Å². The van der Waals surface area contributed by atoms with Gasteiger partial charge in [0.05, 0.1) is 0 Å². The topological polar surface area (TPSA) is 56.3 Å². The molecule has 0 N–H and O–H groups in total. The molecule has 0 spiro atoms. The molecule has 37 heavy (non-hydrogen) atoms. The normalized spacial score (nSPS) is 8.65. The van der Waals surface area contributed by atoms with Gasteiger partial charge in [0.1, 0.15) is 0 Å². The standard InChI is InChI=1S/4C5H11NS2.3O.2Re/c4*1-3-6(4-2)5(7)8;;;;;/h4*3-4H2,1-2H3,(H,7,8);;;;;/p-4/i;;;;;;;2*1+2. The number of thiocarbonyl (C=S) groups is 4. The fourth-order valence-electron chi connectivity index (χ4n) is 1.94. The van der Waals surface area contributed by atoms with E-state index >= 15 is 0 Å². The van der Waals surface area contributed by atoms with Crippen LogP contribution in [0.4, 0.5) is 0 Å². The van der Waals surface area contributed by atoms with E-state index in [1.165, 1.54) is 0 Å². The van der Waals surface area contributed by atoms with Crippen LogP contribution in [0.1, 0.15) is 55.4 Å². The van der Waals surface area contributed by atoms with Crippen LogP contribution in [0.15, 0.2) is 0 Å². The molecule has 17 heteroatoms. The fourth-order valence-corrected chi connectivity index (χ4v) is 4.64. The number of rotatable bonds is 10. The molecule has 0 aliphatic heterocycles. The van der Waals surface area contributed by atoms with Gasteiger partial charge >= 0.3 is 45.7 Å². The molecule has 0 aromatic heterocycles. The molecule has 0 rings (SSSR count). The Morgan fingerprint density at radius 2 is 0.622 bits per heavy atom. The van der Waals surface area contributed by atoms with Gasteiger partial charge in [-0.15, -0.1) is 0 Å². The molecule has 7 nitrogen and oxygen atoms in total. The van der Waals surface area contributed by atoms with E-state index in [0.717, 1.165) is 52.4 Å². The van der Waals surface area contributed by atoms with E-state index in [4.69, 9.17) is 99.4 Å². The van der Waals surface area contributed by atoms with Crippen molar-refractivity contribution in [2.45, 2.75) is 55.4 Å². The van der Waals surface area contributed by atoms with Crippen molar-refractivity contribution in [3.8, 4) is 0 Å². The molecule has 0 aliphatic carbocycles. The van der Waals surface area contributed by atoms with Crippen LogP contribution in [-0.2, 0) is 96.3 Å². The van der Waals surface area contributed by atoms with Crippen molar-refractivity contribution in [2.24, 2.45) is 0 Å². The molecular formula is C20H40N4O3Re2S8-4. The number of hydrogen-bond acceptors (Lipinski definition) is 11. The second kappa shape index (κ2) is 37.3. The van der Waals surface area contributed by atoms with Gasteiger partial charge in [0.2, 0.25) is 0 Å². The molecule has 0 fully saturated rings. The molecule has 0 aliphatic rings. The molecule has 0 heterocycles. The minimum absolute atomic E-state index is 0.579. The van der Waals surface area contributed by atoms with E-state index in [0.29, 0.717) is 17.3 Å². The summed E-state index contributed by atoms with van der Waals surface area (Å²) >= 11 is 34.7. The first-order valence-corrected chi connectivity index (χ1v) is 19.0. The molecule has 0 amide bonds. The predicted molar refractivity (Wildman–Crippen MR) is 174 cm³/mol. The first-order valence-electron chi connectivity index (χ1n) is 11.3. The van der Waals surface area contributed by atoms with E-state index in [1.807, 2.05) is 75.0 Å². The van der Waals surface area contributed by atoms with Crippen LogP contribution in [0.3, 0.4) is 0 Å². The average Bonchev–Trinajstić information content (AvgIpc) is 2.83. The summed E-state index contributed by atoms with van der Waals surface area (Å²) in [6, 6.07) is 0. The predicted octanol–water partition coefficient (Wildman–Crippen LogP) is 4.33. The molecule has 0 atom stereocenters. The average molecular weight is 1020 g/mol. The Morgan fingerprint density at radius 1 is 0.486 bits per heavy atom. The summed E-state index contributed by atoms with van der Waals surface area (Å²) in [4.78, 5) is 7.85. The van der Waals surface area contributed by atoms with E-state index in [9.17, 15) is 6.94 Å². The van der Waals surface area contributed by atoms with Crippen LogP contribution >= 0.6 is 48.9 Å². The number of hydrogen-bond donors (Lipinski definition) is 0. The summed E-state index contributed by atoms with van der Waals surface area (Å²) in [5.41, 5.74) is 0. The van der Waals surface area contributed by atoms with Crippen molar-refractivity contribution in [3.05, 3.63) is 0 Å². The Bertz CT molecular complexity index is 516. The van der Waals surface area contributed by atoms with Gasteiger partial charge in [-0.1, -0.05) is 17.3 Å². The Hall–Kier alpha value is 1.32. The van der Waals surface area contributed by atoms with E-state index in [1.54, 1.807) is 0 Å². The van der Waals surface area contributed by atoms with E-state index in [2.05, 4.69) is 2.18 Å². The molecular weight excluding hydrogens is 977 g/mol. The third-order valence-electron chi connectivity index (χ3n) is 4.13. The van der Waals surface area contributed by atoms with Gasteiger partial charge in [-0.3, -0.25) is 0 Å². The summed E-state index contributed by atoms with van der Waals surface area (Å²) in [6.45, 7) is 23.8. The van der Waals surface area contributed by atoms with Gasteiger partial charge in [0, 0.05) is 52.4 Å². The van der Waals surface area contributed by atoms with Gasteiger partial charge in [-0.05, 0) is 55.4 Å². The Kier molecular flexibility index (Phi) is 48.5. The molecule has 0 saturated carbocycles. The van der Waals surface area contributed by atoms with Crippen LogP contribution in [0.2, 0.25) is 0 Å². The molecule has 0 aromatic rings. The fraction of sp³-hybridized carbons (Fsp3) is 0.800. The molecule has 224 valence electrons. The van der Waals surface area contributed by atoms with Crippen molar-refractivity contribution in [2.75, 3.05) is 52.4 Å². The second-order valence-corrected chi connectivity index (χ2v) is 14.8. The molecule has 0 bridgehead atoms. The van der Waals surface area contributed by atoms with Gasteiger partial charge in [0.15, 0.2) is 0 Å². The Morgan fingerprint density at radius 3 is 0.622 bits per heavy atom. The zero-order valence-electron chi connectivity index (χ0n) is 22.7. The van der Waals surface area contributed by atoms with Crippen LogP contribution < -0.4 is 0 Å². The summed E-state index contributed by atoms with van der Waals surface area (Å²) in [6.07, 6.45) is 0. The van der Waals surface area contributed by atoms with E-state index < -0.39 is 36.6 Å². The van der Waals surface area contributed by atoms with Gasteiger partial charge in [-0.2, -0.15) is 0 Å². The summed E-state index contributed by atoms with van der Waals surface area (Å²) < 4.78 is 24.9. The van der Waals surface area contributed by atoms with Crippen molar-refractivity contribution in [3.63, 3.8) is 0 Å². The number of nitrogens with zero attached hydrogens (tertiary/aromatic N) is 4. The maximum atomic E-state index is 9.30. The third kappa shape index (κ3) is 37.3. The molecule has 0 aromatic carbocycles. The van der Waals surface area contributed by atoms with E-state index in [-0.39, 0.29) is 0 Å². The summed E-state index contributed by atoms with van der Waals surface area (Å²) in [5.74, 6) is 0. The zero-order valence-corrected chi connectivity index (χ0v) is 34.7. The van der Waals surface area contributed by atoms with Crippen molar-refractivity contribution in [1.29, 1.82) is 0 Å². The van der Waals surface area contributed by atoms with Crippen LogP contribution in [-0.4, -0.2) is 89.2 Å². The monoisotopic (exact) mass is 1020 g/mol. The van der Waals surface area contributed by atoms with Gasteiger partial charge < -0.3 is 119 Å². The Balaban J connectivity index is -0.000000116. The molecule has 0 unspecified atom stereocenters. The maximum absolute atomic E-state index is 9.30. The second-order valence-electron chi connectivity index (χ2n) is 5.94. The molecule has 0 saturated heterocycles. The van der Waals surface area contributed by atoms with Crippen LogP contribution in [0.5, 0.6) is 0 Å². The summed E-state index contributed by atoms with van der Waals surface area (Å²) in [5, 5.41) is 0. The first-order chi connectivity index (χ1) is 17.3. The first kappa shape index (κ1) is 48.1. The van der Waals surface area contributed by atoms with Crippen molar-refractivity contribution < 1.29 is 45.7 Å². The minimum atomic E-state index is -1.67. The SMILES string of the molecule is CCN(CC)C(=S)[S-].CCN(CC)C(=S)[S-].CCN(CC)C(=S)[S-].CCN(CC)C(=S)[S-].[O]=[188Re][O][188Re]=[O]. The van der Waals surface area contributed by atoms with Gasteiger partial charge in [-0.25, -0.2) is 0 Å². The third-order valence-corrected chi connectivity index (χ3v) is 9.34. The van der Waals surface area contributed by atoms with Crippen LogP contribution in [0, 0.1) is 0 Å². The summed E-state index contributed by atoms with van der Waals surface area (Å²) in [7, 11) is 0.